The predicted octanol–water partition coefficient (Wildman–Crippen LogP) is 4.00. The minimum absolute atomic E-state index is 0.608. The molecule has 1 unspecified atom stereocenters. The second-order valence-electron chi connectivity index (χ2n) is 4.86. The van der Waals surface area contributed by atoms with Crippen LogP contribution in [0.15, 0.2) is 42.5 Å². The van der Waals surface area contributed by atoms with Gasteiger partial charge in [-0.25, -0.2) is 0 Å². The smallest absolute Gasteiger partial charge is 0.127 e. The summed E-state index contributed by atoms with van der Waals surface area (Å²) in [6.45, 7) is 3.00. The number of nitrogens with one attached hydrogen (secondary N) is 1. The Labute approximate surface area is 115 Å². The van der Waals surface area contributed by atoms with Crippen molar-refractivity contribution >= 4 is 10.8 Å². The molecule has 2 rings (SSSR count). The van der Waals surface area contributed by atoms with E-state index in [1.54, 1.807) is 0 Å². The van der Waals surface area contributed by atoms with Crippen LogP contribution in [0, 0.1) is 0 Å². The zero-order valence-corrected chi connectivity index (χ0v) is 11.9. The van der Waals surface area contributed by atoms with Crippen LogP contribution in [0.3, 0.4) is 0 Å². The molecule has 0 heterocycles. The van der Waals surface area contributed by atoms with Gasteiger partial charge in [0.25, 0.3) is 0 Å². The first-order valence-electron chi connectivity index (χ1n) is 7.13. The molecule has 0 aliphatic heterocycles. The highest BCUT2D eigenvalue weighted by atomic mass is 16.5. The molecule has 0 aliphatic carbocycles. The largest absolute Gasteiger partial charge is 0.493 e. The van der Waals surface area contributed by atoms with Crippen LogP contribution in [0.25, 0.3) is 10.8 Å². The molecular formula is C17H23NO. The molecule has 0 aliphatic rings. The fourth-order valence-electron chi connectivity index (χ4n) is 2.39. The second-order valence-corrected chi connectivity index (χ2v) is 4.86. The number of benzene rings is 2. The Hall–Kier alpha value is -1.54. The summed E-state index contributed by atoms with van der Waals surface area (Å²) in [6, 6.07) is 15.2. The fraction of sp³-hybridized carbons (Fsp3) is 0.412. The fourth-order valence-corrected chi connectivity index (χ4v) is 2.39. The van der Waals surface area contributed by atoms with Crippen molar-refractivity contribution in [2.24, 2.45) is 0 Å². The lowest BCUT2D eigenvalue weighted by Crippen LogP contribution is -2.24. The monoisotopic (exact) mass is 257 g/mol. The maximum absolute atomic E-state index is 5.93. The van der Waals surface area contributed by atoms with Gasteiger partial charge in [0, 0.05) is 11.4 Å². The summed E-state index contributed by atoms with van der Waals surface area (Å²) in [7, 11) is 2.03. The SMILES string of the molecule is CCC(CCCOc1cccc2ccccc12)NC. The highest BCUT2D eigenvalue weighted by Gasteiger charge is 2.04. The van der Waals surface area contributed by atoms with Crippen LogP contribution in [0.1, 0.15) is 26.2 Å². The minimum atomic E-state index is 0.608. The molecule has 0 radical (unpaired) electrons. The molecule has 0 spiro atoms. The third kappa shape index (κ3) is 3.71. The number of fused-ring (bicyclic) bond motifs is 1. The van der Waals surface area contributed by atoms with E-state index >= 15 is 0 Å². The van der Waals surface area contributed by atoms with Gasteiger partial charge in [0.1, 0.15) is 5.75 Å². The lowest BCUT2D eigenvalue weighted by atomic mass is 10.1. The molecule has 2 aromatic carbocycles. The molecule has 102 valence electrons. The van der Waals surface area contributed by atoms with Gasteiger partial charge in [-0.05, 0) is 37.8 Å². The van der Waals surface area contributed by atoms with Crippen LogP contribution in [0.4, 0.5) is 0 Å². The Morgan fingerprint density at radius 1 is 1.11 bits per heavy atom. The van der Waals surface area contributed by atoms with Gasteiger partial charge in [-0.15, -0.1) is 0 Å². The number of rotatable bonds is 7. The van der Waals surface area contributed by atoms with Gasteiger partial charge in [-0.1, -0.05) is 43.3 Å². The molecule has 0 aromatic heterocycles. The zero-order chi connectivity index (χ0) is 13.5. The van der Waals surface area contributed by atoms with E-state index < -0.39 is 0 Å². The molecule has 0 saturated carbocycles. The van der Waals surface area contributed by atoms with Crippen molar-refractivity contribution in [3.63, 3.8) is 0 Å². The van der Waals surface area contributed by atoms with E-state index in [9.17, 15) is 0 Å². The van der Waals surface area contributed by atoms with Crippen molar-refractivity contribution < 1.29 is 4.74 Å². The third-order valence-electron chi connectivity index (χ3n) is 3.61. The summed E-state index contributed by atoms with van der Waals surface area (Å²) in [4.78, 5) is 0. The van der Waals surface area contributed by atoms with Gasteiger partial charge in [0.15, 0.2) is 0 Å². The Morgan fingerprint density at radius 3 is 2.68 bits per heavy atom. The molecule has 0 bridgehead atoms. The molecule has 2 heteroatoms. The molecule has 0 fully saturated rings. The lowest BCUT2D eigenvalue weighted by molar-refractivity contribution is 0.299. The Bertz CT molecular complexity index is 500. The number of hydrogen-bond acceptors (Lipinski definition) is 2. The summed E-state index contributed by atoms with van der Waals surface area (Å²) in [5.41, 5.74) is 0. The van der Waals surface area contributed by atoms with E-state index in [-0.39, 0.29) is 0 Å². The summed E-state index contributed by atoms with van der Waals surface area (Å²) in [5.74, 6) is 0.996. The maximum atomic E-state index is 5.93. The standard InChI is InChI=1S/C17H23NO/c1-3-15(18-2)10-7-13-19-17-12-6-9-14-8-4-5-11-16(14)17/h4-6,8-9,11-12,15,18H,3,7,10,13H2,1-2H3. The highest BCUT2D eigenvalue weighted by Crippen LogP contribution is 2.25. The summed E-state index contributed by atoms with van der Waals surface area (Å²) in [6.07, 6.45) is 3.42. The van der Waals surface area contributed by atoms with E-state index in [4.69, 9.17) is 4.74 Å². The average molecular weight is 257 g/mol. The summed E-state index contributed by atoms with van der Waals surface area (Å²) in [5, 5.41) is 5.76. The number of hydrogen-bond donors (Lipinski definition) is 1. The topological polar surface area (TPSA) is 21.3 Å². The molecule has 0 amide bonds. The normalized spacial score (nSPS) is 12.5. The second kappa shape index (κ2) is 7.15. The quantitative estimate of drug-likeness (QED) is 0.757. The third-order valence-corrected chi connectivity index (χ3v) is 3.61. The van der Waals surface area contributed by atoms with Crippen LogP contribution in [-0.4, -0.2) is 19.7 Å². The zero-order valence-electron chi connectivity index (χ0n) is 11.9. The first-order chi connectivity index (χ1) is 9.35. The molecule has 0 saturated heterocycles. The summed E-state index contributed by atoms with van der Waals surface area (Å²) >= 11 is 0. The highest BCUT2D eigenvalue weighted by molar-refractivity contribution is 5.88. The molecule has 19 heavy (non-hydrogen) atoms. The van der Waals surface area contributed by atoms with E-state index in [1.165, 1.54) is 17.2 Å². The van der Waals surface area contributed by atoms with Crippen LogP contribution in [0.5, 0.6) is 5.75 Å². The van der Waals surface area contributed by atoms with Crippen molar-refractivity contribution in [2.75, 3.05) is 13.7 Å². The minimum Gasteiger partial charge on any atom is -0.493 e. The molecular weight excluding hydrogens is 234 g/mol. The van der Waals surface area contributed by atoms with Gasteiger partial charge in [-0.2, -0.15) is 0 Å². The van der Waals surface area contributed by atoms with Crippen LogP contribution in [-0.2, 0) is 0 Å². The van der Waals surface area contributed by atoms with Crippen LogP contribution >= 0.6 is 0 Å². The Balaban J connectivity index is 1.91. The van der Waals surface area contributed by atoms with Crippen LogP contribution < -0.4 is 10.1 Å². The summed E-state index contributed by atoms with van der Waals surface area (Å²) < 4.78 is 5.93. The molecule has 2 nitrogen and oxygen atoms in total. The Kier molecular flexibility index (Phi) is 5.22. The van der Waals surface area contributed by atoms with Crippen molar-refractivity contribution in [2.45, 2.75) is 32.2 Å². The van der Waals surface area contributed by atoms with Crippen LogP contribution in [0.2, 0.25) is 0 Å². The molecule has 1 N–H and O–H groups in total. The molecule has 1 atom stereocenters. The van der Waals surface area contributed by atoms with Crippen molar-refractivity contribution in [1.29, 1.82) is 0 Å². The van der Waals surface area contributed by atoms with Gasteiger partial charge >= 0.3 is 0 Å². The van der Waals surface area contributed by atoms with E-state index in [0.717, 1.165) is 25.2 Å². The van der Waals surface area contributed by atoms with Gasteiger partial charge in [0.05, 0.1) is 6.61 Å². The van der Waals surface area contributed by atoms with Gasteiger partial charge in [-0.3, -0.25) is 0 Å². The first kappa shape index (κ1) is 13.9. The van der Waals surface area contributed by atoms with Crippen molar-refractivity contribution in [3.8, 4) is 5.75 Å². The first-order valence-corrected chi connectivity index (χ1v) is 7.13. The van der Waals surface area contributed by atoms with Gasteiger partial charge < -0.3 is 10.1 Å². The molecule has 2 aromatic rings. The number of ether oxygens (including phenoxy) is 1. The maximum Gasteiger partial charge on any atom is 0.127 e. The predicted molar refractivity (Wildman–Crippen MR) is 81.8 cm³/mol. The van der Waals surface area contributed by atoms with Crippen molar-refractivity contribution in [3.05, 3.63) is 42.5 Å². The van der Waals surface area contributed by atoms with Gasteiger partial charge in [0.2, 0.25) is 0 Å². The van der Waals surface area contributed by atoms with E-state index in [0.29, 0.717) is 6.04 Å². The van der Waals surface area contributed by atoms with Crippen molar-refractivity contribution in [1.82, 2.24) is 5.32 Å². The van der Waals surface area contributed by atoms with E-state index in [2.05, 4.69) is 54.7 Å². The van der Waals surface area contributed by atoms with E-state index in [1.807, 2.05) is 7.05 Å². The lowest BCUT2D eigenvalue weighted by Gasteiger charge is -2.14. The average Bonchev–Trinajstić information content (AvgIpc) is 2.47. The Morgan fingerprint density at radius 2 is 1.89 bits per heavy atom.